The van der Waals surface area contributed by atoms with Crippen molar-refractivity contribution in [3.05, 3.63) is 29.8 Å². The van der Waals surface area contributed by atoms with E-state index in [0.29, 0.717) is 16.4 Å². The lowest BCUT2D eigenvalue weighted by Crippen LogP contribution is -2.55. The van der Waals surface area contributed by atoms with Crippen LogP contribution >= 0.6 is 11.3 Å². The minimum Gasteiger partial charge on any atom is -0.362 e. The van der Waals surface area contributed by atoms with Crippen molar-refractivity contribution in [2.24, 2.45) is 10.5 Å². The van der Waals surface area contributed by atoms with Crippen LogP contribution in [0.4, 0.5) is 18.3 Å². The molecule has 0 spiro atoms. The molecule has 1 aliphatic rings. The molecule has 1 atom stereocenters. The van der Waals surface area contributed by atoms with Gasteiger partial charge in [-0.3, -0.25) is 4.98 Å². The molecule has 9 heteroatoms. The average molecular weight is 370 g/mol. The monoisotopic (exact) mass is 370 g/mol. The van der Waals surface area contributed by atoms with Crippen molar-refractivity contribution in [1.29, 1.82) is 0 Å². The number of halogens is 3. The summed E-state index contributed by atoms with van der Waals surface area (Å²) >= 11 is 0.980. The van der Waals surface area contributed by atoms with Crippen LogP contribution in [-0.2, 0) is 0 Å². The van der Waals surface area contributed by atoms with Gasteiger partial charge in [-0.1, -0.05) is 26.8 Å². The molecule has 134 valence electrons. The number of alkyl halides is 3. The Morgan fingerprint density at radius 1 is 1.20 bits per heavy atom. The van der Waals surface area contributed by atoms with Crippen LogP contribution in [0.2, 0.25) is 0 Å². The number of hydrogen-bond donors (Lipinski definition) is 1. The molecule has 25 heavy (non-hydrogen) atoms. The third-order valence-electron chi connectivity index (χ3n) is 3.91. The number of nitrogens with zero attached hydrogens (tertiary/aromatic N) is 4. The smallest absolute Gasteiger partial charge is 0.362 e. The zero-order valence-corrected chi connectivity index (χ0v) is 14.7. The third kappa shape index (κ3) is 3.13. The molecule has 0 radical (unpaired) electrons. The summed E-state index contributed by atoms with van der Waals surface area (Å²) < 4.78 is 40.7. The maximum Gasteiger partial charge on any atom is 0.438 e. The van der Waals surface area contributed by atoms with Crippen LogP contribution in [0.25, 0.3) is 11.4 Å². The van der Waals surface area contributed by atoms with Gasteiger partial charge in [-0.15, -0.1) is 11.3 Å². The SMILES string of the molecule is CC(C)(C)C1=NN(c2nc(-c3ccccn3)cs2)C(O)(C(F)(F)F)C1. The summed E-state index contributed by atoms with van der Waals surface area (Å²) in [6.07, 6.45) is -3.91. The summed E-state index contributed by atoms with van der Waals surface area (Å²) in [5.74, 6) is 0. The summed E-state index contributed by atoms with van der Waals surface area (Å²) in [6.45, 7) is 5.27. The Bertz CT molecular complexity index is 798. The van der Waals surface area contributed by atoms with Crippen molar-refractivity contribution in [2.75, 3.05) is 5.01 Å². The van der Waals surface area contributed by atoms with Crippen LogP contribution in [0.5, 0.6) is 0 Å². The fourth-order valence-electron chi connectivity index (χ4n) is 2.38. The molecule has 3 rings (SSSR count). The molecule has 0 aromatic carbocycles. The van der Waals surface area contributed by atoms with Gasteiger partial charge in [-0.25, -0.2) is 4.98 Å². The van der Waals surface area contributed by atoms with E-state index in [2.05, 4.69) is 15.1 Å². The number of thiazole rings is 1. The van der Waals surface area contributed by atoms with Crippen LogP contribution in [-0.4, -0.2) is 32.7 Å². The van der Waals surface area contributed by atoms with Crippen LogP contribution in [0.1, 0.15) is 27.2 Å². The Morgan fingerprint density at radius 2 is 1.92 bits per heavy atom. The highest BCUT2D eigenvalue weighted by Gasteiger charge is 2.63. The number of aromatic nitrogens is 2. The Hall–Kier alpha value is -2.00. The Balaban J connectivity index is 2.03. The molecule has 0 aliphatic carbocycles. The fraction of sp³-hybridized carbons (Fsp3) is 0.438. The van der Waals surface area contributed by atoms with Gasteiger partial charge in [0.05, 0.1) is 5.69 Å². The number of anilines is 1. The predicted molar refractivity (Wildman–Crippen MR) is 90.3 cm³/mol. The van der Waals surface area contributed by atoms with Gasteiger partial charge in [0.25, 0.3) is 5.72 Å². The molecule has 2 aromatic rings. The highest BCUT2D eigenvalue weighted by atomic mass is 32.1. The van der Waals surface area contributed by atoms with E-state index >= 15 is 0 Å². The van der Waals surface area contributed by atoms with Crippen LogP contribution in [0, 0.1) is 5.41 Å². The van der Waals surface area contributed by atoms with Crippen LogP contribution in [0.15, 0.2) is 34.9 Å². The van der Waals surface area contributed by atoms with Gasteiger partial charge >= 0.3 is 6.18 Å². The lowest BCUT2D eigenvalue weighted by atomic mass is 9.86. The highest BCUT2D eigenvalue weighted by Crippen LogP contribution is 2.46. The summed E-state index contributed by atoms with van der Waals surface area (Å²) in [5, 5.41) is 16.6. The molecular formula is C16H17F3N4OS. The largest absolute Gasteiger partial charge is 0.438 e. The normalized spacial score (nSPS) is 21.6. The maximum atomic E-state index is 13.6. The van der Waals surface area contributed by atoms with Crippen molar-refractivity contribution in [2.45, 2.75) is 39.1 Å². The lowest BCUT2D eigenvalue weighted by molar-refractivity contribution is -0.254. The molecule has 0 fully saturated rings. The first-order chi connectivity index (χ1) is 11.5. The minimum absolute atomic E-state index is 0.0280. The molecule has 1 aliphatic heterocycles. The van der Waals surface area contributed by atoms with E-state index in [-0.39, 0.29) is 10.8 Å². The summed E-state index contributed by atoms with van der Waals surface area (Å²) in [5.41, 5.74) is -2.46. The minimum atomic E-state index is -4.87. The molecule has 1 unspecified atom stereocenters. The quantitative estimate of drug-likeness (QED) is 0.866. The van der Waals surface area contributed by atoms with Gasteiger partial charge in [-0.05, 0) is 12.1 Å². The molecule has 0 saturated carbocycles. The van der Waals surface area contributed by atoms with E-state index in [1.165, 1.54) is 0 Å². The van der Waals surface area contributed by atoms with Gasteiger partial charge in [0.1, 0.15) is 5.69 Å². The van der Waals surface area contributed by atoms with Gasteiger partial charge in [-0.2, -0.15) is 23.3 Å². The molecule has 1 N–H and O–H groups in total. The van der Waals surface area contributed by atoms with Crippen LogP contribution in [0.3, 0.4) is 0 Å². The fourth-order valence-corrected chi connectivity index (χ4v) is 3.21. The van der Waals surface area contributed by atoms with Crippen molar-refractivity contribution < 1.29 is 18.3 Å². The second kappa shape index (κ2) is 5.77. The lowest BCUT2D eigenvalue weighted by Gasteiger charge is -2.32. The zero-order chi connectivity index (χ0) is 18.5. The van der Waals surface area contributed by atoms with E-state index < -0.39 is 23.7 Å². The molecule has 5 nitrogen and oxygen atoms in total. The van der Waals surface area contributed by atoms with E-state index in [1.54, 1.807) is 50.5 Å². The summed E-state index contributed by atoms with van der Waals surface area (Å²) in [6, 6.07) is 5.21. The standard InChI is InChI=1S/C16H17F3N4OS/c1-14(2,3)12-8-15(24,16(17,18)19)23(22-12)13-21-11(9-25-13)10-6-4-5-7-20-10/h4-7,9,24H,8H2,1-3H3. The van der Waals surface area contributed by atoms with Crippen molar-refractivity contribution in [3.8, 4) is 11.4 Å². The summed E-state index contributed by atoms with van der Waals surface area (Å²) in [4.78, 5) is 8.34. The van der Waals surface area contributed by atoms with E-state index in [0.717, 1.165) is 11.3 Å². The number of hydrogen-bond acceptors (Lipinski definition) is 6. The van der Waals surface area contributed by atoms with E-state index in [1.807, 2.05) is 0 Å². The molecular weight excluding hydrogens is 353 g/mol. The van der Waals surface area contributed by atoms with Crippen LogP contribution < -0.4 is 5.01 Å². The molecule has 0 saturated heterocycles. The second-order valence-electron chi connectivity index (χ2n) is 6.83. The topological polar surface area (TPSA) is 61.6 Å². The number of hydrazone groups is 1. The highest BCUT2D eigenvalue weighted by molar-refractivity contribution is 7.14. The first-order valence-electron chi connectivity index (χ1n) is 7.56. The van der Waals surface area contributed by atoms with Gasteiger partial charge < -0.3 is 5.11 Å². The molecule has 2 aromatic heterocycles. The average Bonchev–Trinajstić information content (AvgIpc) is 3.12. The third-order valence-corrected chi connectivity index (χ3v) is 4.72. The van der Waals surface area contributed by atoms with Crippen molar-refractivity contribution in [1.82, 2.24) is 9.97 Å². The van der Waals surface area contributed by atoms with Crippen molar-refractivity contribution in [3.63, 3.8) is 0 Å². The predicted octanol–water partition coefficient (Wildman–Crippen LogP) is 4.07. The number of pyridine rings is 1. The molecule has 3 heterocycles. The van der Waals surface area contributed by atoms with E-state index in [9.17, 15) is 18.3 Å². The summed E-state index contributed by atoms with van der Waals surface area (Å²) in [7, 11) is 0. The van der Waals surface area contributed by atoms with E-state index in [4.69, 9.17) is 0 Å². The van der Waals surface area contributed by atoms with Gasteiger partial charge in [0, 0.05) is 29.1 Å². The zero-order valence-electron chi connectivity index (χ0n) is 13.9. The molecule has 0 amide bonds. The number of aliphatic hydroxyl groups is 1. The number of rotatable bonds is 2. The van der Waals surface area contributed by atoms with Crippen molar-refractivity contribution >= 4 is 22.2 Å². The Morgan fingerprint density at radius 3 is 2.48 bits per heavy atom. The molecule has 0 bridgehead atoms. The first kappa shape index (κ1) is 17.8. The van der Waals surface area contributed by atoms with Gasteiger partial charge in [0.2, 0.25) is 5.13 Å². The first-order valence-corrected chi connectivity index (χ1v) is 8.44. The Kier molecular flexibility index (Phi) is 4.11. The van der Waals surface area contributed by atoms with Gasteiger partial charge in [0.15, 0.2) is 0 Å². The Labute approximate surface area is 146 Å². The maximum absolute atomic E-state index is 13.6. The second-order valence-corrected chi connectivity index (χ2v) is 7.67.